The highest BCUT2D eigenvalue weighted by molar-refractivity contribution is 7.92. The van der Waals surface area contributed by atoms with Gasteiger partial charge >= 0.3 is 0 Å². The molecule has 3 rings (SSSR count). The molecular weight excluding hydrogens is 366 g/mol. The van der Waals surface area contributed by atoms with E-state index in [1.54, 1.807) is 19.2 Å². The highest BCUT2D eigenvalue weighted by atomic mass is 32.2. The second kappa shape index (κ2) is 8.43. The summed E-state index contributed by atoms with van der Waals surface area (Å²) in [6, 6.07) is 11.5. The number of anilines is 3. The molecule has 0 bridgehead atoms. The van der Waals surface area contributed by atoms with Crippen LogP contribution in [-0.4, -0.2) is 57.7 Å². The van der Waals surface area contributed by atoms with Crippen molar-refractivity contribution in [2.75, 3.05) is 53.6 Å². The summed E-state index contributed by atoms with van der Waals surface area (Å²) in [5.41, 5.74) is 1.17. The van der Waals surface area contributed by atoms with E-state index in [4.69, 9.17) is 4.74 Å². The molecule has 2 aromatic rings. The number of methoxy groups -OCH3 is 1. The molecule has 0 saturated carbocycles. The highest BCUT2D eigenvalue weighted by Crippen LogP contribution is 2.22. The van der Waals surface area contributed by atoms with Crippen LogP contribution in [0.15, 0.2) is 36.4 Å². The lowest BCUT2D eigenvalue weighted by Gasteiger charge is -2.36. The summed E-state index contributed by atoms with van der Waals surface area (Å²) in [4.78, 5) is 4.47. The van der Waals surface area contributed by atoms with Crippen molar-refractivity contribution in [3.05, 3.63) is 36.4 Å². The van der Waals surface area contributed by atoms with Crippen molar-refractivity contribution in [3.63, 3.8) is 0 Å². The molecule has 0 radical (unpaired) electrons. The van der Waals surface area contributed by atoms with Crippen molar-refractivity contribution in [3.8, 4) is 5.75 Å². The van der Waals surface area contributed by atoms with Crippen LogP contribution >= 0.6 is 0 Å². The molecule has 0 aliphatic carbocycles. The monoisotopic (exact) mass is 391 g/mol. The van der Waals surface area contributed by atoms with Crippen molar-refractivity contribution in [2.45, 2.75) is 13.3 Å². The maximum atomic E-state index is 11.8. The fraction of sp³-hybridized carbons (Fsp3) is 0.444. The third kappa shape index (κ3) is 5.00. The minimum atomic E-state index is -3.35. The van der Waals surface area contributed by atoms with Crippen molar-refractivity contribution in [1.82, 2.24) is 10.2 Å². The first-order valence-electron chi connectivity index (χ1n) is 8.99. The average molecular weight is 391 g/mol. The van der Waals surface area contributed by atoms with Gasteiger partial charge in [-0.1, -0.05) is 6.92 Å². The lowest BCUT2D eigenvalue weighted by molar-refractivity contribution is 0.415. The third-order valence-electron chi connectivity index (χ3n) is 4.42. The molecule has 0 unspecified atom stereocenters. The van der Waals surface area contributed by atoms with Gasteiger partial charge < -0.3 is 14.5 Å². The number of rotatable bonds is 7. The molecule has 1 aliphatic rings. The van der Waals surface area contributed by atoms with Crippen LogP contribution in [0.25, 0.3) is 0 Å². The van der Waals surface area contributed by atoms with Gasteiger partial charge in [0.05, 0.1) is 12.9 Å². The maximum Gasteiger partial charge on any atom is 0.233 e. The Morgan fingerprint density at radius 1 is 1.00 bits per heavy atom. The van der Waals surface area contributed by atoms with Gasteiger partial charge in [0.25, 0.3) is 0 Å². The van der Waals surface area contributed by atoms with Gasteiger partial charge in [-0.15, -0.1) is 10.2 Å². The van der Waals surface area contributed by atoms with E-state index in [1.165, 1.54) is 5.69 Å². The van der Waals surface area contributed by atoms with E-state index in [9.17, 15) is 8.42 Å². The summed E-state index contributed by atoms with van der Waals surface area (Å²) in [6.07, 6.45) is 0.555. The van der Waals surface area contributed by atoms with Crippen LogP contribution in [-0.2, 0) is 10.0 Å². The van der Waals surface area contributed by atoms with Gasteiger partial charge in [-0.05, 0) is 42.8 Å². The SMILES string of the molecule is CCCS(=O)(=O)Nc1ccc(N2CCN(c3ccc(OC)cc3)CC2)nn1. The normalized spacial score (nSPS) is 14.9. The molecule has 0 atom stereocenters. The second-order valence-electron chi connectivity index (χ2n) is 6.37. The van der Waals surface area contributed by atoms with Crippen molar-refractivity contribution < 1.29 is 13.2 Å². The zero-order valence-electron chi connectivity index (χ0n) is 15.6. The molecule has 146 valence electrons. The number of hydrogen-bond acceptors (Lipinski definition) is 7. The van der Waals surface area contributed by atoms with Crippen LogP contribution in [0, 0.1) is 0 Å². The van der Waals surface area contributed by atoms with E-state index in [0.717, 1.165) is 37.7 Å². The Balaban J connectivity index is 1.57. The predicted molar refractivity (Wildman–Crippen MR) is 107 cm³/mol. The van der Waals surface area contributed by atoms with Gasteiger partial charge in [0.2, 0.25) is 10.0 Å². The van der Waals surface area contributed by atoms with E-state index in [0.29, 0.717) is 6.42 Å². The minimum absolute atomic E-state index is 0.0732. The number of hydrogen-bond donors (Lipinski definition) is 1. The molecule has 0 amide bonds. The molecular formula is C18H25N5O3S. The molecule has 27 heavy (non-hydrogen) atoms. The first kappa shape index (κ1) is 19.2. The summed E-state index contributed by atoms with van der Waals surface area (Å²) in [5.74, 6) is 1.93. The zero-order valence-corrected chi connectivity index (χ0v) is 16.4. The number of piperazine rings is 1. The maximum absolute atomic E-state index is 11.8. The number of sulfonamides is 1. The van der Waals surface area contributed by atoms with Crippen LogP contribution < -0.4 is 19.3 Å². The smallest absolute Gasteiger partial charge is 0.233 e. The number of nitrogens with one attached hydrogen (secondary N) is 1. The van der Waals surface area contributed by atoms with Gasteiger partial charge in [0.1, 0.15) is 5.75 Å². The molecule has 0 spiro atoms. The first-order chi connectivity index (χ1) is 13.0. The summed E-state index contributed by atoms with van der Waals surface area (Å²) in [5, 5.41) is 8.19. The Bertz CT molecular complexity index is 832. The van der Waals surface area contributed by atoms with Crippen LogP contribution in [0.4, 0.5) is 17.3 Å². The molecule has 1 N–H and O–H groups in total. The van der Waals surface area contributed by atoms with Crippen LogP contribution in [0.1, 0.15) is 13.3 Å². The standard InChI is InChI=1S/C18H25N5O3S/c1-3-14-27(24,25)21-17-8-9-18(20-19-17)23-12-10-22(11-13-23)15-4-6-16(26-2)7-5-15/h4-9H,3,10-14H2,1-2H3,(H,19,21). The molecule has 1 aliphatic heterocycles. The quantitative estimate of drug-likeness (QED) is 0.772. The molecule has 1 aromatic heterocycles. The van der Waals surface area contributed by atoms with E-state index < -0.39 is 10.0 Å². The summed E-state index contributed by atoms with van der Waals surface area (Å²) in [6.45, 7) is 5.21. The van der Waals surface area contributed by atoms with Gasteiger partial charge in [0, 0.05) is 31.9 Å². The second-order valence-corrected chi connectivity index (χ2v) is 8.21. The molecule has 8 nitrogen and oxygen atoms in total. The Morgan fingerprint density at radius 3 is 2.22 bits per heavy atom. The van der Waals surface area contributed by atoms with Crippen molar-refractivity contribution in [1.29, 1.82) is 0 Å². The van der Waals surface area contributed by atoms with Gasteiger partial charge in [-0.25, -0.2) is 8.42 Å². The molecule has 1 saturated heterocycles. The average Bonchev–Trinajstić information content (AvgIpc) is 2.68. The number of aromatic nitrogens is 2. The van der Waals surface area contributed by atoms with Gasteiger partial charge in [0.15, 0.2) is 11.6 Å². The molecule has 1 aromatic carbocycles. The fourth-order valence-corrected chi connectivity index (χ4v) is 4.08. The fourth-order valence-electron chi connectivity index (χ4n) is 3.01. The lowest BCUT2D eigenvalue weighted by atomic mass is 10.2. The topological polar surface area (TPSA) is 87.7 Å². The first-order valence-corrected chi connectivity index (χ1v) is 10.6. The Morgan fingerprint density at radius 2 is 1.67 bits per heavy atom. The highest BCUT2D eigenvalue weighted by Gasteiger charge is 2.19. The Kier molecular flexibility index (Phi) is 6.00. The van der Waals surface area contributed by atoms with E-state index in [-0.39, 0.29) is 11.6 Å². The number of nitrogens with zero attached hydrogens (tertiary/aromatic N) is 4. The summed E-state index contributed by atoms with van der Waals surface area (Å²) < 4.78 is 31.2. The van der Waals surface area contributed by atoms with Crippen LogP contribution in [0.2, 0.25) is 0 Å². The largest absolute Gasteiger partial charge is 0.497 e. The minimum Gasteiger partial charge on any atom is -0.497 e. The molecule has 1 fully saturated rings. The lowest BCUT2D eigenvalue weighted by Crippen LogP contribution is -2.46. The van der Waals surface area contributed by atoms with Gasteiger partial charge in [-0.3, -0.25) is 4.72 Å². The number of benzene rings is 1. The third-order valence-corrected chi connectivity index (χ3v) is 5.89. The zero-order chi connectivity index (χ0) is 19.3. The Hall–Kier alpha value is -2.55. The molecule has 9 heteroatoms. The Labute approximate surface area is 160 Å². The van der Waals surface area contributed by atoms with Crippen molar-refractivity contribution in [2.24, 2.45) is 0 Å². The van der Waals surface area contributed by atoms with E-state index in [1.807, 2.05) is 19.1 Å². The van der Waals surface area contributed by atoms with E-state index in [2.05, 4.69) is 36.9 Å². The van der Waals surface area contributed by atoms with Gasteiger partial charge in [-0.2, -0.15) is 0 Å². The summed E-state index contributed by atoms with van der Waals surface area (Å²) in [7, 11) is -1.69. The van der Waals surface area contributed by atoms with Crippen molar-refractivity contribution >= 4 is 27.3 Å². The van der Waals surface area contributed by atoms with Crippen LogP contribution in [0.5, 0.6) is 5.75 Å². The predicted octanol–water partition coefficient (Wildman–Crippen LogP) is 1.96. The van der Waals surface area contributed by atoms with E-state index >= 15 is 0 Å². The summed E-state index contributed by atoms with van der Waals surface area (Å²) >= 11 is 0. The number of ether oxygens (including phenoxy) is 1. The van der Waals surface area contributed by atoms with Crippen LogP contribution in [0.3, 0.4) is 0 Å². The molecule has 2 heterocycles.